The highest BCUT2D eigenvalue weighted by Gasteiger charge is 2.57. The Morgan fingerprint density at radius 1 is 1.50 bits per heavy atom. The number of fused-ring (bicyclic) bond motifs is 1. The first-order chi connectivity index (χ1) is 8.60. The number of rotatable bonds is 3. The van der Waals surface area contributed by atoms with Crippen LogP contribution in [0.15, 0.2) is 17.5 Å². The van der Waals surface area contributed by atoms with Crippen LogP contribution in [0.3, 0.4) is 0 Å². The molecule has 0 bridgehead atoms. The number of hydrogen-bond donors (Lipinski definition) is 1. The van der Waals surface area contributed by atoms with Crippen molar-refractivity contribution in [3.05, 3.63) is 22.4 Å². The molecule has 4 atom stereocenters. The van der Waals surface area contributed by atoms with Crippen molar-refractivity contribution in [3.63, 3.8) is 0 Å². The molecule has 2 nitrogen and oxygen atoms in total. The van der Waals surface area contributed by atoms with E-state index in [1.165, 1.54) is 17.7 Å². The molecule has 2 aliphatic rings. The Morgan fingerprint density at radius 2 is 2.33 bits per heavy atom. The summed E-state index contributed by atoms with van der Waals surface area (Å²) >= 11 is 1.84. The Hall–Kier alpha value is -0.380. The minimum absolute atomic E-state index is 0.274. The summed E-state index contributed by atoms with van der Waals surface area (Å²) in [5, 5.41) is 6.00. The van der Waals surface area contributed by atoms with Gasteiger partial charge < -0.3 is 10.1 Å². The van der Waals surface area contributed by atoms with Crippen LogP contribution < -0.4 is 5.32 Å². The molecular formula is C15H23NOS. The molecule has 0 amide bonds. The highest BCUT2D eigenvalue weighted by atomic mass is 32.1. The van der Waals surface area contributed by atoms with Crippen LogP contribution in [0.1, 0.15) is 44.5 Å². The molecule has 0 radical (unpaired) electrons. The molecule has 1 aliphatic heterocycles. The van der Waals surface area contributed by atoms with E-state index in [2.05, 4.69) is 43.6 Å². The molecule has 0 spiro atoms. The maximum Gasteiger partial charge on any atom is 0.0684 e. The zero-order chi connectivity index (χ0) is 12.8. The van der Waals surface area contributed by atoms with E-state index in [1.54, 1.807) is 0 Å². The Kier molecular flexibility index (Phi) is 3.25. The molecule has 3 unspecified atom stereocenters. The summed E-state index contributed by atoms with van der Waals surface area (Å²) in [5.41, 5.74) is 0.274. The molecule has 18 heavy (non-hydrogen) atoms. The van der Waals surface area contributed by atoms with E-state index in [4.69, 9.17) is 4.74 Å². The first-order valence-corrected chi connectivity index (χ1v) is 7.89. The Bertz CT molecular complexity index is 401. The van der Waals surface area contributed by atoms with Crippen molar-refractivity contribution in [3.8, 4) is 0 Å². The lowest BCUT2D eigenvalue weighted by Gasteiger charge is -2.60. The average molecular weight is 265 g/mol. The third-order valence-corrected chi connectivity index (χ3v) is 5.79. The minimum Gasteiger partial charge on any atom is -0.377 e. The van der Waals surface area contributed by atoms with Gasteiger partial charge in [-0.2, -0.15) is 0 Å². The van der Waals surface area contributed by atoms with Gasteiger partial charge in [0.1, 0.15) is 0 Å². The van der Waals surface area contributed by atoms with Crippen molar-refractivity contribution in [1.82, 2.24) is 5.32 Å². The van der Waals surface area contributed by atoms with Crippen molar-refractivity contribution in [2.24, 2.45) is 11.3 Å². The fraction of sp³-hybridized carbons (Fsp3) is 0.733. The van der Waals surface area contributed by atoms with Gasteiger partial charge in [-0.15, -0.1) is 11.3 Å². The van der Waals surface area contributed by atoms with Crippen LogP contribution in [0.5, 0.6) is 0 Å². The molecule has 1 saturated carbocycles. The second kappa shape index (κ2) is 4.62. The smallest absolute Gasteiger partial charge is 0.0684 e. The van der Waals surface area contributed by atoms with E-state index in [0.29, 0.717) is 18.2 Å². The lowest BCUT2D eigenvalue weighted by Crippen LogP contribution is -2.69. The Balaban J connectivity index is 1.69. The second-order valence-electron chi connectivity index (χ2n) is 6.30. The Morgan fingerprint density at radius 3 is 3.06 bits per heavy atom. The topological polar surface area (TPSA) is 21.3 Å². The van der Waals surface area contributed by atoms with Gasteiger partial charge in [-0.3, -0.25) is 0 Å². The fourth-order valence-electron chi connectivity index (χ4n) is 3.75. The maximum absolute atomic E-state index is 5.96. The molecule has 3 heteroatoms. The van der Waals surface area contributed by atoms with E-state index < -0.39 is 0 Å². The first-order valence-electron chi connectivity index (χ1n) is 7.02. The van der Waals surface area contributed by atoms with Crippen LogP contribution in [0, 0.1) is 11.3 Å². The number of hydrogen-bond acceptors (Lipinski definition) is 3. The third-order valence-electron chi connectivity index (χ3n) is 4.73. The van der Waals surface area contributed by atoms with Gasteiger partial charge in [-0.25, -0.2) is 0 Å². The summed E-state index contributed by atoms with van der Waals surface area (Å²) < 4.78 is 5.96. The summed E-state index contributed by atoms with van der Waals surface area (Å²) in [6.07, 6.45) is 3.02. The quantitative estimate of drug-likeness (QED) is 0.901. The molecule has 1 N–H and O–H groups in total. The van der Waals surface area contributed by atoms with Gasteiger partial charge >= 0.3 is 0 Å². The number of ether oxygens (including phenoxy) is 1. The highest BCUT2D eigenvalue weighted by molar-refractivity contribution is 7.10. The molecule has 1 saturated heterocycles. The largest absolute Gasteiger partial charge is 0.377 e. The van der Waals surface area contributed by atoms with Crippen molar-refractivity contribution in [1.29, 1.82) is 0 Å². The normalized spacial score (nSPS) is 35.6. The molecule has 3 rings (SSSR count). The van der Waals surface area contributed by atoms with E-state index in [9.17, 15) is 0 Å². The van der Waals surface area contributed by atoms with E-state index in [-0.39, 0.29) is 5.41 Å². The predicted molar refractivity (Wildman–Crippen MR) is 75.9 cm³/mol. The molecule has 100 valence electrons. The van der Waals surface area contributed by atoms with Gasteiger partial charge in [-0.05, 0) is 31.2 Å². The van der Waals surface area contributed by atoms with Crippen LogP contribution in [0.25, 0.3) is 0 Å². The summed E-state index contributed by atoms with van der Waals surface area (Å²) in [4.78, 5) is 1.44. The lowest BCUT2D eigenvalue weighted by atomic mass is 9.55. The minimum atomic E-state index is 0.274. The van der Waals surface area contributed by atoms with Crippen LogP contribution in [-0.2, 0) is 4.74 Å². The molecular weight excluding hydrogens is 242 g/mol. The highest BCUT2D eigenvalue weighted by Crippen LogP contribution is 2.51. The zero-order valence-corrected chi connectivity index (χ0v) is 12.3. The number of nitrogens with one attached hydrogen (secondary N) is 1. The maximum atomic E-state index is 5.96. The van der Waals surface area contributed by atoms with Crippen LogP contribution in [0.2, 0.25) is 0 Å². The van der Waals surface area contributed by atoms with Crippen LogP contribution in [-0.4, -0.2) is 18.8 Å². The SMILES string of the molecule is C[C@H](NC1C2CCCOC2C1(C)C)c1cccs1. The third kappa shape index (κ3) is 1.93. The summed E-state index contributed by atoms with van der Waals surface area (Å²) in [6.45, 7) is 7.92. The van der Waals surface area contributed by atoms with Gasteiger partial charge in [0.05, 0.1) is 6.10 Å². The number of thiophene rings is 1. The van der Waals surface area contributed by atoms with E-state index in [0.717, 1.165) is 12.5 Å². The molecule has 2 heterocycles. The van der Waals surface area contributed by atoms with Crippen molar-refractivity contribution < 1.29 is 4.74 Å². The van der Waals surface area contributed by atoms with Crippen molar-refractivity contribution >= 4 is 11.3 Å². The van der Waals surface area contributed by atoms with Crippen molar-refractivity contribution in [2.45, 2.75) is 51.8 Å². The summed E-state index contributed by atoms with van der Waals surface area (Å²) in [5.74, 6) is 0.719. The lowest BCUT2D eigenvalue weighted by molar-refractivity contribution is -0.194. The fourth-order valence-corrected chi connectivity index (χ4v) is 4.49. The predicted octanol–water partition coefficient (Wildman–Crippen LogP) is 3.60. The van der Waals surface area contributed by atoms with Gasteiger partial charge in [-0.1, -0.05) is 19.9 Å². The van der Waals surface area contributed by atoms with E-state index >= 15 is 0 Å². The average Bonchev–Trinajstić information content (AvgIpc) is 2.89. The Labute approximate surface area is 114 Å². The molecule has 1 aromatic heterocycles. The monoisotopic (exact) mass is 265 g/mol. The standard InChI is InChI=1S/C15H23NOS/c1-10(12-7-5-9-18-12)16-13-11-6-4-8-17-14(11)15(13,2)3/h5,7,9-11,13-14,16H,4,6,8H2,1-3H3/t10-,11?,13?,14?/m0/s1. The zero-order valence-electron chi connectivity index (χ0n) is 11.5. The molecule has 1 aromatic rings. The van der Waals surface area contributed by atoms with Gasteiger partial charge in [0.15, 0.2) is 0 Å². The van der Waals surface area contributed by atoms with Gasteiger partial charge in [0, 0.05) is 34.9 Å². The first kappa shape index (κ1) is 12.6. The van der Waals surface area contributed by atoms with Crippen LogP contribution in [0.4, 0.5) is 0 Å². The summed E-state index contributed by atoms with van der Waals surface area (Å²) in [7, 11) is 0. The second-order valence-corrected chi connectivity index (χ2v) is 7.28. The molecule has 2 fully saturated rings. The molecule has 1 aliphatic carbocycles. The van der Waals surface area contributed by atoms with E-state index in [1.807, 2.05) is 11.3 Å². The van der Waals surface area contributed by atoms with Crippen LogP contribution >= 0.6 is 11.3 Å². The van der Waals surface area contributed by atoms with Gasteiger partial charge in [0.2, 0.25) is 0 Å². The van der Waals surface area contributed by atoms with Crippen molar-refractivity contribution in [2.75, 3.05) is 6.61 Å². The van der Waals surface area contributed by atoms with Gasteiger partial charge in [0.25, 0.3) is 0 Å². The molecule has 0 aromatic carbocycles. The summed E-state index contributed by atoms with van der Waals surface area (Å²) in [6, 6.07) is 5.41.